The summed E-state index contributed by atoms with van der Waals surface area (Å²) in [5.74, 6) is 1.01. The monoisotopic (exact) mass is 272 g/mol. The van der Waals surface area contributed by atoms with Gasteiger partial charge in [0.25, 0.3) is 0 Å². The molecule has 0 atom stereocenters. The van der Waals surface area contributed by atoms with Crippen molar-refractivity contribution < 1.29 is 14.3 Å². The van der Waals surface area contributed by atoms with Gasteiger partial charge in [-0.2, -0.15) is 0 Å². The van der Waals surface area contributed by atoms with Gasteiger partial charge < -0.3 is 15.2 Å². The third kappa shape index (κ3) is 2.95. The van der Waals surface area contributed by atoms with Crippen molar-refractivity contribution in [2.24, 2.45) is 5.73 Å². The van der Waals surface area contributed by atoms with Gasteiger partial charge in [0.15, 0.2) is 5.78 Å². The largest absolute Gasteiger partial charge is 0.497 e. The number of rotatable bonds is 5. The molecule has 0 fully saturated rings. The minimum atomic E-state index is -0.126. The zero-order chi connectivity index (χ0) is 14.5. The van der Waals surface area contributed by atoms with Crippen LogP contribution >= 0.6 is 0 Å². The highest BCUT2D eigenvalue weighted by atomic mass is 16.5. The third-order valence-electron chi connectivity index (χ3n) is 2.90. The van der Waals surface area contributed by atoms with Crippen LogP contribution in [0.15, 0.2) is 36.5 Å². The Balaban J connectivity index is 2.41. The summed E-state index contributed by atoms with van der Waals surface area (Å²) in [5, 5.41) is 0. The molecule has 0 aliphatic rings. The number of hydrogen-bond acceptors (Lipinski definition) is 5. The number of ether oxygens (including phenoxy) is 2. The van der Waals surface area contributed by atoms with Crippen LogP contribution in [0.5, 0.6) is 11.5 Å². The standard InChI is InChI=1S/C15H16N2O3/c1-19-13-6-11(7-14(8-13)20-2)15(18)10-3-4-17-12(5-10)9-16/h3-8H,9,16H2,1-2H3. The minimum absolute atomic E-state index is 0.126. The SMILES string of the molecule is COc1cc(OC)cc(C(=O)c2ccnc(CN)c2)c1. The highest BCUT2D eigenvalue weighted by molar-refractivity contribution is 6.09. The second-order valence-electron chi connectivity index (χ2n) is 4.17. The smallest absolute Gasteiger partial charge is 0.193 e. The Morgan fingerprint density at radius 3 is 2.30 bits per heavy atom. The Labute approximate surface area is 117 Å². The van der Waals surface area contributed by atoms with Crippen LogP contribution in [0.25, 0.3) is 0 Å². The average Bonchev–Trinajstić information content (AvgIpc) is 2.53. The molecule has 5 heteroatoms. The molecule has 1 aromatic heterocycles. The van der Waals surface area contributed by atoms with Crippen LogP contribution in [0, 0.1) is 0 Å². The van der Waals surface area contributed by atoms with Crippen molar-refractivity contribution in [2.75, 3.05) is 14.2 Å². The Kier molecular flexibility index (Phi) is 4.32. The molecule has 0 saturated heterocycles. The summed E-state index contributed by atoms with van der Waals surface area (Å²) in [7, 11) is 3.09. The molecule has 0 spiro atoms. The first kappa shape index (κ1) is 14.0. The van der Waals surface area contributed by atoms with Gasteiger partial charge in [-0.25, -0.2) is 0 Å². The van der Waals surface area contributed by atoms with Crippen molar-refractivity contribution in [3.63, 3.8) is 0 Å². The molecule has 0 aliphatic heterocycles. The number of carbonyl (C=O) groups is 1. The van der Waals surface area contributed by atoms with Crippen LogP contribution in [0.2, 0.25) is 0 Å². The summed E-state index contributed by atoms with van der Waals surface area (Å²) < 4.78 is 10.3. The summed E-state index contributed by atoms with van der Waals surface area (Å²) in [4.78, 5) is 16.5. The summed E-state index contributed by atoms with van der Waals surface area (Å²) in [6.45, 7) is 0.294. The van der Waals surface area contributed by atoms with Gasteiger partial charge in [0.1, 0.15) is 11.5 Å². The average molecular weight is 272 g/mol. The lowest BCUT2D eigenvalue weighted by atomic mass is 10.0. The molecule has 0 saturated carbocycles. The van der Waals surface area contributed by atoms with E-state index in [1.165, 1.54) is 0 Å². The van der Waals surface area contributed by atoms with Crippen molar-refractivity contribution in [1.29, 1.82) is 0 Å². The molecule has 5 nitrogen and oxygen atoms in total. The number of methoxy groups -OCH3 is 2. The minimum Gasteiger partial charge on any atom is -0.497 e. The fourth-order valence-corrected chi connectivity index (χ4v) is 1.84. The van der Waals surface area contributed by atoms with Gasteiger partial charge in [0.2, 0.25) is 0 Å². The molecule has 0 aliphatic carbocycles. The number of benzene rings is 1. The summed E-state index contributed by atoms with van der Waals surface area (Å²) in [5.41, 5.74) is 7.24. The Hall–Kier alpha value is -2.40. The van der Waals surface area contributed by atoms with E-state index in [1.54, 1.807) is 50.7 Å². The quantitative estimate of drug-likeness (QED) is 0.840. The summed E-state index contributed by atoms with van der Waals surface area (Å²) in [6, 6.07) is 8.41. The van der Waals surface area contributed by atoms with Gasteiger partial charge in [-0.1, -0.05) is 0 Å². The Morgan fingerprint density at radius 2 is 1.75 bits per heavy atom. The van der Waals surface area contributed by atoms with E-state index in [0.29, 0.717) is 34.9 Å². The van der Waals surface area contributed by atoms with E-state index >= 15 is 0 Å². The molecular weight excluding hydrogens is 256 g/mol. The second kappa shape index (κ2) is 6.16. The van der Waals surface area contributed by atoms with Crippen molar-refractivity contribution in [3.8, 4) is 11.5 Å². The fraction of sp³-hybridized carbons (Fsp3) is 0.200. The van der Waals surface area contributed by atoms with Crippen LogP contribution in [0.1, 0.15) is 21.6 Å². The van der Waals surface area contributed by atoms with Gasteiger partial charge in [-0.15, -0.1) is 0 Å². The van der Waals surface area contributed by atoms with Crippen LogP contribution in [-0.2, 0) is 6.54 Å². The van der Waals surface area contributed by atoms with Crippen molar-refractivity contribution >= 4 is 5.78 Å². The van der Waals surface area contributed by atoms with Gasteiger partial charge in [0, 0.05) is 29.9 Å². The highest BCUT2D eigenvalue weighted by Crippen LogP contribution is 2.24. The van der Waals surface area contributed by atoms with E-state index in [0.717, 1.165) is 0 Å². The molecule has 0 bridgehead atoms. The molecule has 0 radical (unpaired) electrons. The van der Waals surface area contributed by atoms with E-state index < -0.39 is 0 Å². The first-order valence-corrected chi connectivity index (χ1v) is 6.10. The maximum Gasteiger partial charge on any atom is 0.193 e. The predicted molar refractivity (Wildman–Crippen MR) is 75.1 cm³/mol. The molecule has 104 valence electrons. The zero-order valence-corrected chi connectivity index (χ0v) is 11.4. The van der Waals surface area contributed by atoms with Crippen molar-refractivity contribution in [2.45, 2.75) is 6.54 Å². The predicted octanol–water partition coefficient (Wildman–Crippen LogP) is 1.79. The highest BCUT2D eigenvalue weighted by Gasteiger charge is 2.13. The van der Waals surface area contributed by atoms with E-state index in [2.05, 4.69) is 4.98 Å². The van der Waals surface area contributed by atoms with Gasteiger partial charge >= 0.3 is 0 Å². The molecule has 2 aromatic rings. The number of pyridine rings is 1. The first-order chi connectivity index (χ1) is 9.67. The Morgan fingerprint density at radius 1 is 1.10 bits per heavy atom. The number of nitrogens with zero attached hydrogens (tertiary/aromatic N) is 1. The zero-order valence-electron chi connectivity index (χ0n) is 11.4. The van der Waals surface area contributed by atoms with Gasteiger partial charge in [0.05, 0.1) is 19.9 Å². The summed E-state index contributed by atoms with van der Waals surface area (Å²) in [6.07, 6.45) is 1.58. The van der Waals surface area contributed by atoms with Crippen molar-refractivity contribution in [1.82, 2.24) is 4.98 Å². The van der Waals surface area contributed by atoms with Crippen LogP contribution < -0.4 is 15.2 Å². The molecule has 2 rings (SSSR count). The molecule has 20 heavy (non-hydrogen) atoms. The molecular formula is C15H16N2O3. The number of aromatic nitrogens is 1. The lowest BCUT2D eigenvalue weighted by molar-refractivity contribution is 0.103. The number of ketones is 1. The lowest BCUT2D eigenvalue weighted by Gasteiger charge is -2.08. The van der Waals surface area contributed by atoms with E-state index in [-0.39, 0.29) is 5.78 Å². The number of nitrogens with two attached hydrogens (primary N) is 1. The van der Waals surface area contributed by atoms with E-state index in [1.807, 2.05) is 0 Å². The topological polar surface area (TPSA) is 74.4 Å². The van der Waals surface area contributed by atoms with Crippen LogP contribution in [0.4, 0.5) is 0 Å². The van der Waals surface area contributed by atoms with E-state index in [9.17, 15) is 4.79 Å². The maximum absolute atomic E-state index is 12.5. The van der Waals surface area contributed by atoms with Crippen LogP contribution in [0.3, 0.4) is 0 Å². The third-order valence-corrected chi connectivity index (χ3v) is 2.90. The van der Waals surface area contributed by atoms with Gasteiger partial charge in [-0.05, 0) is 24.3 Å². The number of carbonyl (C=O) groups excluding carboxylic acids is 1. The van der Waals surface area contributed by atoms with Gasteiger partial charge in [-0.3, -0.25) is 9.78 Å². The van der Waals surface area contributed by atoms with Crippen LogP contribution in [-0.4, -0.2) is 25.0 Å². The van der Waals surface area contributed by atoms with E-state index in [4.69, 9.17) is 15.2 Å². The fourth-order valence-electron chi connectivity index (χ4n) is 1.84. The Bertz CT molecular complexity index is 604. The van der Waals surface area contributed by atoms with Crippen molar-refractivity contribution in [3.05, 3.63) is 53.3 Å². The molecule has 2 N–H and O–H groups in total. The first-order valence-electron chi connectivity index (χ1n) is 6.10. The number of hydrogen-bond donors (Lipinski definition) is 1. The lowest BCUT2D eigenvalue weighted by Crippen LogP contribution is -2.06. The maximum atomic E-state index is 12.5. The second-order valence-corrected chi connectivity index (χ2v) is 4.17. The normalized spacial score (nSPS) is 10.2. The molecule has 1 aromatic carbocycles. The molecule has 0 unspecified atom stereocenters. The summed E-state index contributed by atoms with van der Waals surface area (Å²) >= 11 is 0. The molecule has 1 heterocycles. The molecule has 0 amide bonds.